The molecule has 0 atom stereocenters. The van der Waals surface area contributed by atoms with E-state index in [1.54, 1.807) is 24.3 Å². The quantitative estimate of drug-likeness (QED) is 0.384. The number of nitrogens with one attached hydrogen (secondary N) is 3. The van der Waals surface area contributed by atoms with Crippen molar-refractivity contribution in [1.82, 2.24) is 4.98 Å². The number of alkyl halides is 3. The lowest BCUT2D eigenvalue weighted by atomic mass is 10.1. The summed E-state index contributed by atoms with van der Waals surface area (Å²) in [5.41, 5.74) is -1.04. The minimum Gasteiger partial charge on any atom is -0.457 e. The largest absolute Gasteiger partial charge is 0.457 e. The predicted molar refractivity (Wildman–Crippen MR) is 124 cm³/mol. The second kappa shape index (κ2) is 9.57. The van der Waals surface area contributed by atoms with Crippen molar-refractivity contribution >= 4 is 29.0 Å². The number of ether oxygens (including phenoxy) is 1. The molecule has 7 nitrogen and oxygen atoms in total. The molecule has 1 saturated carbocycles. The lowest BCUT2D eigenvalue weighted by Crippen LogP contribution is -2.23. The van der Waals surface area contributed by atoms with Crippen LogP contribution in [0.1, 0.15) is 29.5 Å². The summed E-state index contributed by atoms with van der Waals surface area (Å²) in [6.45, 7) is 1.33. The van der Waals surface area contributed by atoms with Gasteiger partial charge in [0.15, 0.2) is 0 Å². The van der Waals surface area contributed by atoms with Crippen LogP contribution in [0.5, 0.6) is 11.5 Å². The van der Waals surface area contributed by atoms with Gasteiger partial charge in [-0.25, -0.2) is 4.98 Å². The number of carbonyl (C=O) groups excluding carboxylic acids is 2. The van der Waals surface area contributed by atoms with E-state index in [4.69, 9.17) is 10.1 Å². The lowest BCUT2D eigenvalue weighted by Gasteiger charge is -2.13. The van der Waals surface area contributed by atoms with E-state index in [0.29, 0.717) is 17.3 Å². The van der Waals surface area contributed by atoms with Gasteiger partial charge in [0.2, 0.25) is 5.91 Å². The summed E-state index contributed by atoms with van der Waals surface area (Å²) in [6.07, 6.45) is -1.30. The molecule has 10 heteroatoms. The Bertz CT molecular complexity index is 1290. The molecule has 3 aromatic rings. The molecule has 3 N–H and O–H groups in total. The van der Waals surface area contributed by atoms with E-state index in [0.717, 1.165) is 18.9 Å². The summed E-state index contributed by atoms with van der Waals surface area (Å²) < 4.78 is 45.1. The van der Waals surface area contributed by atoms with Crippen molar-refractivity contribution in [3.05, 3.63) is 77.5 Å². The van der Waals surface area contributed by atoms with Crippen LogP contribution in [0, 0.1) is 18.3 Å². The molecule has 0 bridgehead atoms. The molecule has 4 rings (SSSR count). The minimum absolute atomic E-state index is 0.0350. The van der Waals surface area contributed by atoms with Gasteiger partial charge in [0.05, 0.1) is 5.56 Å². The van der Waals surface area contributed by atoms with Crippen LogP contribution in [0.25, 0.3) is 0 Å². The van der Waals surface area contributed by atoms with Gasteiger partial charge in [-0.15, -0.1) is 0 Å². The number of anilines is 2. The maximum Gasteiger partial charge on any atom is 0.416 e. The fourth-order valence-corrected chi connectivity index (χ4v) is 3.27. The highest BCUT2D eigenvalue weighted by Gasteiger charge is 2.32. The summed E-state index contributed by atoms with van der Waals surface area (Å²) in [7, 11) is 0. The zero-order valence-electron chi connectivity index (χ0n) is 18.6. The van der Waals surface area contributed by atoms with Crippen LogP contribution in [0.2, 0.25) is 0 Å². The number of pyridine rings is 1. The van der Waals surface area contributed by atoms with E-state index in [-0.39, 0.29) is 28.6 Å². The third-order valence-corrected chi connectivity index (χ3v) is 5.34. The highest BCUT2D eigenvalue weighted by molar-refractivity contribution is 6.47. The number of benzene rings is 2. The van der Waals surface area contributed by atoms with Crippen LogP contribution < -0.4 is 15.4 Å². The Hall–Kier alpha value is -4.21. The van der Waals surface area contributed by atoms with Crippen molar-refractivity contribution < 1.29 is 27.5 Å². The van der Waals surface area contributed by atoms with Crippen LogP contribution in [0.3, 0.4) is 0 Å². The van der Waals surface area contributed by atoms with Crippen LogP contribution >= 0.6 is 0 Å². The Morgan fingerprint density at radius 2 is 1.71 bits per heavy atom. The standard InChI is InChI=1S/C25H21F3N4O3/c1-14-2-7-17(12-20(14)25(26,27)28)31-24(34)22(29)15-5-8-18(9-6-15)35-19-10-11-30-21(13-19)32-23(33)16-3-4-16/h2,5-13,16,29H,3-4H2,1H3,(H,31,34)(H,30,32,33). The fraction of sp³-hybridized carbons (Fsp3) is 0.200. The van der Waals surface area contributed by atoms with E-state index in [2.05, 4.69) is 15.6 Å². The molecule has 1 aromatic heterocycles. The smallest absolute Gasteiger partial charge is 0.416 e. The Balaban J connectivity index is 1.39. The molecule has 35 heavy (non-hydrogen) atoms. The van der Waals surface area contributed by atoms with E-state index in [1.165, 1.54) is 37.4 Å². The summed E-state index contributed by atoms with van der Waals surface area (Å²) >= 11 is 0. The number of carbonyl (C=O) groups is 2. The highest BCUT2D eigenvalue weighted by Crippen LogP contribution is 2.33. The first-order valence-electron chi connectivity index (χ1n) is 10.7. The predicted octanol–water partition coefficient (Wildman–Crippen LogP) is 5.56. The van der Waals surface area contributed by atoms with Crippen molar-refractivity contribution in [1.29, 1.82) is 5.41 Å². The molecule has 0 unspecified atom stereocenters. The molecule has 2 amide bonds. The monoisotopic (exact) mass is 482 g/mol. The van der Waals surface area contributed by atoms with Gasteiger partial charge in [-0.2, -0.15) is 13.2 Å². The van der Waals surface area contributed by atoms with Crippen molar-refractivity contribution in [2.75, 3.05) is 10.6 Å². The summed E-state index contributed by atoms with van der Waals surface area (Å²) in [5.74, 6) is 0.350. The van der Waals surface area contributed by atoms with Gasteiger partial charge in [-0.05, 0) is 67.8 Å². The topological polar surface area (TPSA) is 104 Å². The lowest BCUT2D eigenvalue weighted by molar-refractivity contribution is -0.138. The van der Waals surface area contributed by atoms with Crippen LogP contribution in [0.15, 0.2) is 60.8 Å². The van der Waals surface area contributed by atoms with E-state index < -0.39 is 23.4 Å². The number of hydrogen-bond donors (Lipinski definition) is 3. The van der Waals surface area contributed by atoms with Gasteiger partial charge in [0.1, 0.15) is 23.0 Å². The normalized spacial score (nSPS) is 13.1. The first-order valence-corrected chi connectivity index (χ1v) is 10.7. The summed E-state index contributed by atoms with van der Waals surface area (Å²) in [5, 5.41) is 13.2. The van der Waals surface area contributed by atoms with Crippen molar-refractivity contribution in [2.24, 2.45) is 5.92 Å². The van der Waals surface area contributed by atoms with Crippen molar-refractivity contribution in [3.8, 4) is 11.5 Å². The molecule has 2 aromatic carbocycles. The molecular weight excluding hydrogens is 461 g/mol. The molecule has 1 aliphatic rings. The average molecular weight is 482 g/mol. The molecule has 0 radical (unpaired) electrons. The minimum atomic E-state index is -4.55. The SMILES string of the molecule is Cc1ccc(NC(=O)C(=N)c2ccc(Oc3ccnc(NC(=O)C4CC4)c3)cc2)cc1C(F)(F)F. The van der Waals surface area contributed by atoms with Gasteiger partial charge in [-0.3, -0.25) is 15.0 Å². The molecule has 1 heterocycles. The van der Waals surface area contributed by atoms with E-state index in [9.17, 15) is 22.8 Å². The molecule has 0 saturated heterocycles. The van der Waals surface area contributed by atoms with Crippen molar-refractivity contribution in [3.63, 3.8) is 0 Å². The number of halogens is 3. The number of aromatic nitrogens is 1. The molecule has 180 valence electrons. The number of aryl methyl sites for hydroxylation is 1. The maximum atomic E-state index is 13.1. The molecule has 1 aliphatic carbocycles. The van der Waals surface area contributed by atoms with Crippen LogP contribution in [0.4, 0.5) is 24.7 Å². The molecular formula is C25H21F3N4O3. The Morgan fingerprint density at radius 3 is 2.37 bits per heavy atom. The van der Waals surface area contributed by atoms with Crippen LogP contribution in [-0.4, -0.2) is 22.5 Å². The fourth-order valence-electron chi connectivity index (χ4n) is 3.27. The van der Waals surface area contributed by atoms with E-state index in [1.807, 2.05) is 0 Å². The summed E-state index contributed by atoms with van der Waals surface area (Å²) in [6, 6.07) is 12.7. The number of hydrogen-bond acceptors (Lipinski definition) is 5. The summed E-state index contributed by atoms with van der Waals surface area (Å²) in [4.78, 5) is 28.4. The first-order chi connectivity index (χ1) is 16.6. The van der Waals surface area contributed by atoms with Crippen molar-refractivity contribution in [2.45, 2.75) is 25.9 Å². The average Bonchev–Trinajstić information content (AvgIpc) is 3.65. The van der Waals surface area contributed by atoms with Gasteiger partial charge in [0, 0.05) is 29.4 Å². The Labute approximate surface area is 198 Å². The number of amides is 2. The zero-order chi connectivity index (χ0) is 25.2. The molecule has 0 spiro atoms. The number of rotatable bonds is 7. The Kier molecular flexibility index (Phi) is 6.54. The first kappa shape index (κ1) is 23.9. The molecule has 1 fully saturated rings. The zero-order valence-corrected chi connectivity index (χ0v) is 18.6. The molecule has 0 aliphatic heterocycles. The van der Waals surface area contributed by atoms with Gasteiger partial charge < -0.3 is 15.4 Å². The third kappa shape index (κ3) is 6.03. The second-order valence-electron chi connectivity index (χ2n) is 8.12. The number of nitrogens with zero attached hydrogens (tertiary/aromatic N) is 1. The van der Waals surface area contributed by atoms with Gasteiger partial charge in [0.25, 0.3) is 5.91 Å². The van der Waals surface area contributed by atoms with Gasteiger partial charge in [-0.1, -0.05) is 6.07 Å². The highest BCUT2D eigenvalue weighted by atomic mass is 19.4. The van der Waals surface area contributed by atoms with Gasteiger partial charge >= 0.3 is 6.18 Å². The van der Waals surface area contributed by atoms with Crippen LogP contribution in [-0.2, 0) is 15.8 Å². The Morgan fingerprint density at radius 1 is 1.00 bits per heavy atom. The maximum absolute atomic E-state index is 13.1. The second-order valence-corrected chi connectivity index (χ2v) is 8.12. The van der Waals surface area contributed by atoms with E-state index >= 15 is 0 Å². The third-order valence-electron chi connectivity index (χ3n) is 5.34.